The van der Waals surface area contributed by atoms with Crippen LogP contribution in [0.25, 0.3) is 11.3 Å². The lowest BCUT2D eigenvalue weighted by Crippen LogP contribution is -2.25. The molecule has 0 aliphatic carbocycles. The number of nitrogens with one attached hydrogen (secondary N) is 1. The third kappa shape index (κ3) is 4.20. The van der Waals surface area contributed by atoms with Crippen molar-refractivity contribution in [1.82, 2.24) is 4.98 Å². The molecule has 0 saturated carbocycles. The Morgan fingerprint density at radius 3 is 2.27 bits per heavy atom. The third-order valence-electron chi connectivity index (χ3n) is 3.01. The molecule has 1 aromatic carbocycles. The first-order valence-electron chi connectivity index (χ1n) is 6.84. The van der Waals surface area contributed by atoms with E-state index in [1.165, 1.54) is 10.6 Å². The van der Waals surface area contributed by atoms with Gasteiger partial charge in [0.1, 0.15) is 0 Å². The number of nitrogens with zero attached hydrogens (tertiary/aromatic N) is 2. The van der Waals surface area contributed by atoms with Gasteiger partial charge in [-0.1, -0.05) is 12.1 Å². The SMILES string of the molecule is CN(c1ccc(-c2csc(NC(C)(C)C)n2)cc1)S(C)(=O)=O. The Balaban J connectivity index is 2.21. The minimum Gasteiger partial charge on any atom is -0.357 e. The topological polar surface area (TPSA) is 62.3 Å². The van der Waals surface area contributed by atoms with Gasteiger partial charge < -0.3 is 5.32 Å². The number of benzene rings is 1. The molecule has 0 saturated heterocycles. The Kier molecular flexibility index (Phi) is 4.49. The van der Waals surface area contributed by atoms with Crippen LogP contribution in [-0.4, -0.2) is 32.2 Å². The average Bonchev–Trinajstić information content (AvgIpc) is 2.83. The molecule has 1 N–H and O–H groups in total. The van der Waals surface area contributed by atoms with Crippen molar-refractivity contribution in [2.24, 2.45) is 0 Å². The molecule has 2 aromatic rings. The molecule has 0 bridgehead atoms. The monoisotopic (exact) mass is 339 g/mol. The van der Waals surface area contributed by atoms with Crippen molar-refractivity contribution in [3.05, 3.63) is 29.6 Å². The summed E-state index contributed by atoms with van der Waals surface area (Å²) in [6, 6.07) is 7.33. The Bertz CT molecular complexity index is 744. The third-order valence-corrected chi connectivity index (χ3v) is 4.97. The number of hydrogen-bond donors (Lipinski definition) is 1. The van der Waals surface area contributed by atoms with E-state index in [0.717, 1.165) is 16.4 Å². The van der Waals surface area contributed by atoms with Crippen molar-refractivity contribution in [2.75, 3.05) is 22.9 Å². The van der Waals surface area contributed by atoms with Crippen LogP contribution in [-0.2, 0) is 10.0 Å². The quantitative estimate of drug-likeness (QED) is 0.927. The first-order chi connectivity index (χ1) is 10.1. The van der Waals surface area contributed by atoms with Gasteiger partial charge in [-0.05, 0) is 32.9 Å². The average molecular weight is 339 g/mol. The molecular formula is C15H21N3O2S2. The first-order valence-corrected chi connectivity index (χ1v) is 9.57. The zero-order chi connectivity index (χ0) is 16.5. The fourth-order valence-corrected chi connectivity index (χ4v) is 3.25. The maximum Gasteiger partial charge on any atom is 0.231 e. The summed E-state index contributed by atoms with van der Waals surface area (Å²) < 4.78 is 24.3. The second kappa shape index (κ2) is 5.89. The Morgan fingerprint density at radius 1 is 1.18 bits per heavy atom. The number of hydrogen-bond acceptors (Lipinski definition) is 5. The predicted molar refractivity (Wildman–Crippen MR) is 94.2 cm³/mol. The van der Waals surface area contributed by atoms with Gasteiger partial charge in [-0.2, -0.15) is 0 Å². The van der Waals surface area contributed by atoms with Gasteiger partial charge >= 0.3 is 0 Å². The number of thiazole rings is 1. The second-order valence-electron chi connectivity index (χ2n) is 6.19. The molecule has 22 heavy (non-hydrogen) atoms. The molecule has 0 fully saturated rings. The highest BCUT2D eigenvalue weighted by atomic mass is 32.2. The summed E-state index contributed by atoms with van der Waals surface area (Å²) in [6.45, 7) is 6.26. The Morgan fingerprint density at radius 2 is 1.77 bits per heavy atom. The highest BCUT2D eigenvalue weighted by Gasteiger charge is 2.14. The van der Waals surface area contributed by atoms with E-state index in [2.05, 4.69) is 31.1 Å². The fourth-order valence-electron chi connectivity index (χ4n) is 1.82. The summed E-state index contributed by atoms with van der Waals surface area (Å²) in [6.07, 6.45) is 1.19. The molecule has 0 aliphatic heterocycles. The molecule has 0 unspecified atom stereocenters. The molecule has 0 radical (unpaired) electrons. The summed E-state index contributed by atoms with van der Waals surface area (Å²) in [4.78, 5) is 4.56. The number of sulfonamides is 1. The van der Waals surface area contributed by atoms with Crippen LogP contribution >= 0.6 is 11.3 Å². The van der Waals surface area contributed by atoms with E-state index in [0.29, 0.717) is 5.69 Å². The number of aromatic nitrogens is 1. The highest BCUT2D eigenvalue weighted by Crippen LogP contribution is 2.28. The maximum absolute atomic E-state index is 11.5. The van der Waals surface area contributed by atoms with Crippen LogP contribution in [0.5, 0.6) is 0 Å². The molecular weight excluding hydrogens is 318 g/mol. The van der Waals surface area contributed by atoms with Gasteiger partial charge in [0.15, 0.2) is 5.13 Å². The van der Waals surface area contributed by atoms with Crippen molar-refractivity contribution in [3.63, 3.8) is 0 Å². The van der Waals surface area contributed by atoms with Crippen LogP contribution in [0.3, 0.4) is 0 Å². The lowest BCUT2D eigenvalue weighted by atomic mass is 10.1. The van der Waals surface area contributed by atoms with Gasteiger partial charge in [0.2, 0.25) is 10.0 Å². The number of rotatable bonds is 4. The Hall–Kier alpha value is -1.60. The molecule has 1 heterocycles. The maximum atomic E-state index is 11.5. The molecule has 0 amide bonds. The van der Waals surface area contributed by atoms with Crippen LogP contribution in [0.2, 0.25) is 0 Å². The van der Waals surface area contributed by atoms with Crippen molar-refractivity contribution in [1.29, 1.82) is 0 Å². The minimum absolute atomic E-state index is 0.0306. The van der Waals surface area contributed by atoms with E-state index in [-0.39, 0.29) is 5.54 Å². The summed E-state index contributed by atoms with van der Waals surface area (Å²) in [5, 5.41) is 6.20. The predicted octanol–water partition coefficient (Wildman–Crippen LogP) is 3.42. The molecule has 120 valence electrons. The smallest absolute Gasteiger partial charge is 0.231 e. The molecule has 0 atom stereocenters. The van der Waals surface area contributed by atoms with Crippen LogP contribution in [0, 0.1) is 0 Å². The lowest BCUT2D eigenvalue weighted by molar-refractivity contribution is 0.600. The zero-order valence-corrected chi connectivity index (χ0v) is 15.0. The number of anilines is 2. The van der Waals surface area contributed by atoms with Crippen LogP contribution in [0.1, 0.15) is 20.8 Å². The van der Waals surface area contributed by atoms with Crippen molar-refractivity contribution < 1.29 is 8.42 Å². The van der Waals surface area contributed by atoms with Crippen molar-refractivity contribution >= 4 is 32.2 Å². The van der Waals surface area contributed by atoms with Crippen LogP contribution < -0.4 is 9.62 Å². The summed E-state index contributed by atoms with van der Waals surface area (Å²) in [7, 11) is -1.70. The largest absolute Gasteiger partial charge is 0.357 e. The molecule has 1 aromatic heterocycles. The lowest BCUT2D eigenvalue weighted by Gasteiger charge is -2.19. The van der Waals surface area contributed by atoms with Gasteiger partial charge in [-0.25, -0.2) is 13.4 Å². The van der Waals surface area contributed by atoms with Crippen molar-refractivity contribution in [2.45, 2.75) is 26.3 Å². The molecule has 7 heteroatoms. The molecule has 0 aliphatic rings. The van der Waals surface area contributed by atoms with Gasteiger partial charge in [0.25, 0.3) is 0 Å². The fraction of sp³-hybridized carbons (Fsp3) is 0.400. The van der Waals surface area contributed by atoms with E-state index in [1.54, 1.807) is 30.5 Å². The van der Waals surface area contributed by atoms with E-state index >= 15 is 0 Å². The van der Waals surface area contributed by atoms with E-state index in [4.69, 9.17) is 0 Å². The second-order valence-corrected chi connectivity index (χ2v) is 9.06. The summed E-state index contributed by atoms with van der Waals surface area (Å²) >= 11 is 1.56. The van der Waals surface area contributed by atoms with Gasteiger partial charge in [-0.3, -0.25) is 4.31 Å². The Labute approximate surface area is 136 Å². The van der Waals surface area contributed by atoms with Gasteiger partial charge in [0.05, 0.1) is 17.6 Å². The molecule has 0 spiro atoms. The summed E-state index contributed by atoms with van der Waals surface area (Å²) in [5.41, 5.74) is 2.45. The van der Waals surface area contributed by atoms with Gasteiger partial charge in [0, 0.05) is 23.5 Å². The molecule has 2 rings (SSSR count). The summed E-state index contributed by atoms with van der Waals surface area (Å²) in [5.74, 6) is 0. The van der Waals surface area contributed by atoms with E-state index in [1.807, 2.05) is 17.5 Å². The van der Waals surface area contributed by atoms with Crippen LogP contribution in [0.15, 0.2) is 29.6 Å². The standard InChI is InChI=1S/C15H21N3O2S2/c1-15(2,3)17-14-16-13(10-21-14)11-6-8-12(9-7-11)18(4)22(5,19)20/h6-10H,1-5H3,(H,16,17). The minimum atomic E-state index is -3.24. The normalized spacial score (nSPS) is 12.2. The van der Waals surface area contributed by atoms with Crippen molar-refractivity contribution in [3.8, 4) is 11.3 Å². The van der Waals surface area contributed by atoms with Gasteiger partial charge in [-0.15, -0.1) is 11.3 Å². The highest BCUT2D eigenvalue weighted by molar-refractivity contribution is 7.92. The zero-order valence-electron chi connectivity index (χ0n) is 13.4. The molecule has 5 nitrogen and oxygen atoms in total. The van der Waals surface area contributed by atoms with E-state index in [9.17, 15) is 8.42 Å². The van der Waals surface area contributed by atoms with E-state index < -0.39 is 10.0 Å². The first kappa shape index (κ1) is 16.8. The van der Waals surface area contributed by atoms with Crippen LogP contribution in [0.4, 0.5) is 10.8 Å².